The Morgan fingerprint density at radius 2 is 1.85 bits per heavy atom. The molecule has 2 aromatic rings. The third-order valence-electron chi connectivity index (χ3n) is 6.26. The van der Waals surface area contributed by atoms with E-state index >= 15 is 0 Å². The lowest BCUT2D eigenvalue weighted by molar-refractivity contribution is 0.201. The van der Waals surface area contributed by atoms with Crippen LogP contribution >= 0.6 is 23.7 Å². The topological polar surface area (TPSA) is 58.9 Å². The van der Waals surface area contributed by atoms with Gasteiger partial charge in [0.05, 0.1) is 11.6 Å². The Morgan fingerprint density at radius 3 is 2.67 bits per heavy atom. The van der Waals surface area contributed by atoms with Crippen molar-refractivity contribution in [3.8, 4) is 0 Å². The maximum atomic E-state index is 4.73. The molecule has 1 saturated carbocycles. The molecule has 1 aliphatic carbocycles. The van der Waals surface area contributed by atoms with Gasteiger partial charge in [-0.05, 0) is 38.8 Å². The monoisotopic (exact) mass is 408 g/mol. The number of hydrogen-bond donors (Lipinski definition) is 1. The molecule has 3 aliphatic rings. The summed E-state index contributed by atoms with van der Waals surface area (Å²) in [6, 6.07) is 0. The Labute approximate surface area is 171 Å². The highest BCUT2D eigenvalue weighted by Crippen LogP contribution is 2.36. The van der Waals surface area contributed by atoms with E-state index in [1.807, 2.05) is 11.3 Å². The first-order valence-corrected chi connectivity index (χ1v) is 11.0. The summed E-state index contributed by atoms with van der Waals surface area (Å²) in [4.78, 5) is 8.77. The van der Waals surface area contributed by atoms with Crippen LogP contribution in [-0.2, 0) is 19.6 Å². The van der Waals surface area contributed by atoms with Crippen molar-refractivity contribution in [1.29, 1.82) is 0 Å². The molecule has 8 heteroatoms. The maximum absolute atomic E-state index is 4.73. The van der Waals surface area contributed by atoms with E-state index in [1.54, 1.807) is 0 Å². The summed E-state index contributed by atoms with van der Waals surface area (Å²) in [6.45, 7) is 6.29. The van der Waals surface area contributed by atoms with Crippen LogP contribution in [0.1, 0.15) is 71.9 Å². The van der Waals surface area contributed by atoms with Crippen molar-refractivity contribution in [2.24, 2.45) is 0 Å². The number of thiazole rings is 1. The molecule has 0 spiro atoms. The van der Waals surface area contributed by atoms with E-state index in [0.29, 0.717) is 5.92 Å². The molecule has 4 heterocycles. The molecule has 0 bridgehead atoms. The highest BCUT2D eigenvalue weighted by atomic mass is 35.5. The van der Waals surface area contributed by atoms with Crippen LogP contribution in [-0.4, -0.2) is 44.3 Å². The van der Waals surface area contributed by atoms with E-state index in [9.17, 15) is 0 Å². The summed E-state index contributed by atoms with van der Waals surface area (Å²) < 4.78 is 2.36. The normalized spacial score (nSPS) is 21.9. The van der Waals surface area contributed by atoms with Gasteiger partial charge in [0.2, 0.25) is 0 Å². The lowest BCUT2D eigenvalue weighted by atomic mass is 9.95. The minimum Gasteiger partial charge on any atom is -0.312 e. The Balaban J connectivity index is 0.00000180. The zero-order chi connectivity index (χ0) is 17.3. The number of nitrogens with zero attached hydrogens (tertiary/aromatic N) is 5. The van der Waals surface area contributed by atoms with E-state index in [2.05, 4.69) is 31.2 Å². The smallest absolute Gasteiger partial charge is 0.147 e. The zero-order valence-electron chi connectivity index (χ0n) is 15.8. The van der Waals surface area contributed by atoms with Crippen molar-refractivity contribution in [3.05, 3.63) is 27.7 Å². The molecule has 0 atom stereocenters. The van der Waals surface area contributed by atoms with E-state index in [0.717, 1.165) is 51.0 Å². The summed E-state index contributed by atoms with van der Waals surface area (Å²) in [5.74, 6) is 3.65. The number of rotatable bonds is 4. The van der Waals surface area contributed by atoms with Crippen molar-refractivity contribution in [1.82, 2.24) is 30.0 Å². The lowest BCUT2D eigenvalue weighted by Crippen LogP contribution is -2.34. The van der Waals surface area contributed by atoms with Gasteiger partial charge < -0.3 is 9.88 Å². The Bertz CT molecular complexity index is 745. The first kappa shape index (κ1) is 19.3. The van der Waals surface area contributed by atoms with Crippen LogP contribution in [0.25, 0.3) is 0 Å². The van der Waals surface area contributed by atoms with Crippen LogP contribution in [0, 0.1) is 0 Å². The lowest BCUT2D eigenvalue weighted by Gasteiger charge is -2.31. The maximum Gasteiger partial charge on any atom is 0.147 e. The molecule has 2 aliphatic heterocycles. The molecule has 2 aromatic heterocycles. The summed E-state index contributed by atoms with van der Waals surface area (Å²) in [7, 11) is 0. The van der Waals surface area contributed by atoms with Crippen LogP contribution in [0.15, 0.2) is 6.20 Å². The Hall–Kier alpha value is -1.02. The molecule has 27 heavy (non-hydrogen) atoms. The Kier molecular flexibility index (Phi) is 6.12. The largest absolute Gasteiger partial charge is 0.312 e. The van der Waals surface area contributed by atoms with Crippen molar-refractivity contribution >= 4 is 23.7 Å². The van der Waals surface area contributed by atoms with Crippen LogP contribution in [0.4, 0.5) is 0 Å². The SMILES string of the molecule is Cl.c1nc(C2CCCC2)sc1CN1CCC(c2nnc3n2CCNC3)CC1. The summed E-state index contributed by atoms with van der Waals surface area (Å²) in [5, 5.41) is 13.7. The van der Waals surface area contributed by atoms with Crippen LogP contribution in [0.3, 0.4) is 0 Å². The molecular formula is C19H29ClN6S. The highest BCUT2D eigenvalue weighted by molar-refractivity contribution is 7.11. The molecule has 0 radical (unpaired) electrons. The number of aromatic nitrogens is 4. The van der Waals surface area contributed by atoms with Gasteiger partial charge in [0.1, 0.15) is 11.6 Å². The standard InChI is InChI=1S/C19H28N6S.ClH/c1-2-4-15(3-1)19-21-11-16(26-19)13-24-8-5-14(6-9-24)18-23-22-17-12-20-7-10-25(17)18;/h11,14-15,20H,1-10,12-13H2;1H. The molecule has 148 valence electrons. The van der Waals surface area contributed by atoms with Gasteiger partial charge in [0, 0.05) is 42.5 Å². The van der Waals surface area contributed by atoms with Crippen LogP contribution in [0.2, 0.25) is 0 Å². The summed E-state index contributed by atoms with van der Waals surface area (Å²) >= 11 is 1.95. The predicted octanol–water partition coefficient (Wildman–Crippen LogP) is 3.30. The molecule has 1 saturated heterocycles. The summed E-state index contributed by atoms with van der Waals surface area (Å²) in [6.07, 6.45) is 9.98. The molecular weight excluding hydrogens is 380 g/mol. The van der Waals surface area contributed by atoms with Crippen molar-refractivity contribution in [3.63, 3.8) is 0 Å². The fourth-order valence-electron chi connectivity index (χ4n) is 4.74. The first-order valence-electron chi connectivity index (χ1n) is 10.2. The first-order chi connectivity index (χ1) is 12.9. The van der Waals surface area contributed by atoms with Crippen molar-refractivity contribution < 1.29 is 0 Å². The number of fused-ring (bicyclic) bond motifs is 1. The molecule has 2 fully saturated rings. The summed E-state index contributed by atoms with van der Waals surface area (Å²) in [5.41, 5.74) is 0. The minimum absolute atomic E-state index is 0. The minimum atomic E-state index is 0. The van der Waals surface area contributed by atoms with Gasteiger partial charge in [-0.25, -0.2) is 4.98 Å². The van der Waals surface area contributed by atoms with Gasteiger partial charge in [0.15, 0.2) is 0 Å². The van der Waals surface area contributed by atoms with Gasteiger partial charge >= 0.3 is 0 Å². The van der Waals surface area contributed by atoms with Gasteiger partial charge in [-0.1, -0.05) is 12.8 Å². The van der Waals surface area contributed by atoms with E-state index in [-0.39, 0.29) is 12.4 Å². The number of likely N-dealkylation sites (tertiary alicyclic amines) is 1. The molecule has 1 N–H and O–H groups in total. The predicted molar refractivity (Wildman–Crippen MR) is 110 cm³/mol. The number of hydrogen-bond acceptors (Lipinski definition) is 6. The average Bonchev–Trinajstić information content (AvgIpc) is 3.43. The number of nitrogens with one attached hydrogen (secondary N) is 1. The van der Waals surface area contributed by atoms with Crippen molar-refractivity contribution in [2.75, 3.05) is 19.6 Å². The molecule has 5 rings (SSSR count). The van der Waals surface area contributed by atoms with Gasteiger partial charge in [-0.15, -0.1) is 33.9 Å². The number of halogens is 1. The van der Waals surface area contributed by atoms with Crippen LogP contribution < -0.4 is 5.32 Å². The molecule has 0 amide bonds. The number of piperidine rings is 1. The van der Waals surface area contributed by atoms with Gasteiger partial charge in [-0.3, -0.25) is 4.90 Å². The fraction of sp³-hybridized carbons (Fsp3) is 0.737. The highest BCUT2D eigenvalue weighted by Gasteiger charge is 2.27. The third kappa shape index (κ3) is 4.06. The zero-order valence-corrected chi connectivity index (χ0v) is 17.4. The fourth-order valence-corrected chi connectivity index (χ4v) is 5.87. The second kappa shape index (κ2) is 8.55. The second-order valence-electron chi connectivity index (χ2n) is 8.00. The average molecular weight is 409 g/mol. The van der Waals surface area contributed by atoms with E-state index < -0.39 is 0 Å². The van der Waals surface area contributed by atoms with E-state index in [4.69, 9.17) is 4.98 Å². The second-order valence-corrected chi connectivity index (χ2v) is 9.15. The third-order valence-corrected chi connectivity index (χ3v) is 7.40. The quantitative estimate of drug-likeness (QED) is 0.841. The molecule has 6 nitrogen and oxygen atoms in total. The molecule has 0 unspecified atom stereocenters. The van der Waals surface area contributed by atoms with Gasteiger partial charge in [0.25, 0.3) is 0 Å². The Morgan fingerprint density at radius 1 is 1.04 bits per heavy atom. The van der Waals surface area contributed by atoms with Crippen molar-refractivity contribution in [2.45, 2.75) is 70.0 Å². The molecule has 0 aromatic carbocycles. The van der Waals surface area contributed by atoms with E-state index in [1.165, 1.54) is 54.2 Å². The van der Waals surface area contributed by atoms with Crippen LogP contribution in [0.5, 0.6) is 0 Å². The van der Waals surface area contributed by atoms with Gasteiger partial charge in [-0.2, -0.15) is 0 Å².